The van der Waals surface area contributed by atoms with Gasteiger partial charge in [-0.3, -0.25) is 4.57 Å². The second kappa shape index (κ2) is 21.7. The first-order chi connectivity index (χ1) is 48.8. The molecule has 462 valence electrons. The first-order valence-corrected chi connectivity index (χ1v) is 34.3. The molecule has 4 bridgehead atoms. The summed E-state index contributed by atoms with van der Waals surface area (Å²) in [6, 6.07) is 118. The van der Waals surface area contributed by atoms with E-state index in [9.17, 15) is 10.5 Å². The van der Waals surface area contributed by atoms with Crippen molar-refractivity contribution >= 4 is 28.1 Å². The van der Waals surface area contributed by atoms with Gasteiger partial charge < -0.3 is 4.90 Å². The van der Waals surface area contributed by atoms with Crippen molar-refractivity contribution in [3.05, 3.63) is 398 Å². The van der Waals surface area contributed by atoms with Gasteiger partial charge >= 0.3 is 0 Å². The molecule has 7 aliphatic carbocycles. The van der Waals surface area contributed by atoms with E-state index in [1.807, 2.05) is 6.07 Å². The zero-order valence-corrected chi connectivity index (χ0v) is 54.5. The summed E-state index contributed by atoms with van der Waals surface area (Å²) in [7, 11) is 0. The average Bonchev–Trinajstić information content (AvgIpc) is 1.64. The number of rotatable bonds is 9. The lowest BCUT2D eigenvalue weighted by molar-refractivity contribution is 0.660. The number of hydrogen-bond acceptors (Lipinski definition) is 4. The highest BCUT2D eigenvalue weighted by molar-refractivity contribution is 5.98. The number of hydrogen-bond donors (Lipinski definition) is 0. The van der Waals surface area contributed by atoms with Crippen molar-refractivity contribution in [3.63, 3.8) is 0 Å². The van der Waals surface area contributed by atoms with Crippen molar-refractivity contribution in [1.82, 2.24) is 9.55 Å². The molecule has 0 radical (unpaired) electrons. The van der Waals surface area contributed by atoms with Gasteiger partial charge in [0.05, 0.1) is 34.3 Å². The van der Waals surface area contributed by atoms with Crippen molar-refractivity contribution in [2.45, 2.75) is 42.9 Å². The molecule has 15 aromatic rings. The van der Waals surface area contributed by atoms with Gasteiger partial charge in [-0.25, -0.2) is 4.98 Å². The van der Waals surface area contributed by atoms with Crippen LogP contribution in [0.1, 0.15) is 127 Å². The third-order valence-electron chi connectivity index (χ3n) is 22.5. The highest BCUT2D eigenvalue weighted by Gasteiger charge is 2.46. The summed E-state index contributed by atoms with van der Waals surface area (Å²) in [6.45, 7) is 4.75. The molecule has 0 aliphatic heterocycles. The van der Waals surface area contributed by atoms with Crippen LogP contribution in [0, 0.1) is 22.7 Å². The van der Waals surface area contributed by atoms with Crippen LogP contribution in [-0.2, 0) is 5.41 Å². The molecule has 0 atom stereocenters. The van der Waals surface area contributed by atoms with Gasteiger partial charge in [0.25, 0.3) is 0 Å². The number of fused-ring (bicyclic) bond motifs is 4. The van der Waals surface area contributed by atoms with Gasteiger partial charge in [0.15, 0.2) is 0 Å². The third kappa shape index (κ3) is 8.29. The third-order valence-corrected chi connectivity index (χ3v) is 22.5. The maximum Gasteiger partial charge on any atom is 0.145 e. The lowest BCUT2D eigenvalue weighted by Crippen LogP contribution is -2.29. The Morgan fingerprint density at radius 3 is 1.31 bits per heavy atom. The minimum atomic E-state index is -0.335. The molecule has 0 fully saturated rings. The number of benzene rings is 14. The predicted molar refractivity (Wildman–Crippen MR) is 399 cm³/mol. The molecule has 5 nitrogen and oxygen atoms in total. The first kappa shape index (κ1) is 56.7. The molecule has 0 saturated carbocycles. The van der Waals surface area contributed by atoms with E-state index in [2.05, 4.69) is 339 Å². The van der Waals surface area contributed by atoms with Gasteiger partial charge in [-0.15, -0.1) is 0 Å². The largest absolute Gasteiger partial charge is 0.310 e. The number of imidazole rings is 1. The zero-order valence-electron chi connectivity index (χ0n) is 54.5. The van der Waals surface area contributed by atoms with E-state index < -0.39 is 0 Å². The summed E-state index contributed by atoms with van der Waals surface area (Å²) in [4.78, 5) is 8.12. The van der Waals surface area contributed by atoms with Crippen molar-refractivity contribution in [2.75, 3.05) is 4.90 Å². The number of para-hydroxylation sites is 2. The van der Waals surface area contributed by atoms with Gasteiger partial charge in [-0.1, -0.05) is 250 Å². The second-order valence-electron chi connectivity index (χ2n) is 27.7. The summed E-state index contributed by atoms with van der Waals surface area (Å²) in [6.07, 6.45) is 0. The highest BCUT2D eigenvalue weighted by Crippen LogP contribution is 2.61. The van der Waals surface area contributed by atoms with Crippen LogP contribution in [-0.4, -0.2) is 9.55 Å². The Hall–Kier alpha value is -12.7. The minimum absolute atomic E-state index is 0.00340. The maximum atomic E-state index is 10.8. The Bertz CT molecular complexity index is 5920. The molecular weight excluding hydrogens is 1200 g/mol. The lowest BCUT2D eigenvalue weighted by Gasteiger charge is -2.43. The molecule has 0 amide bonds. The lowest BCUT2D eigenvalue weighted by atomic mass is 9.59. The molecule has 7 aliphatic rings. The maximum absolute atomic E-state index is 10.8. The fourth-order valence-electron chi connectivity index (χ4n) is 18.2. The molecular formula is C94H61N5. The summed E-state index contributed by atoms with van der Waals surface area (Å²) >= 11 is 0. The molecule has 14 aromatic carbocycles. The fraction of sp³-hybridized carbons (Fsp3) is 0.0745. The topological polar surface area (TPSA) is 68.6 Å². The molecule has 1 aromatic heterocycles. The van der Waals surface area contributed by atoms with E-state index in [1.165, 1.54) is 77.9 Å². The van der Waals surface area contributed by atoms with E-state index in [-0.39, 0.29) is 29.1 Å². The van der Waals surface area contributed by atoms with Gasteiger partial charge in [0, 0.05) is 63.0 Å². The Balaban J connectivity index is 0.690. The SMILES string of the molecule is CC1(C)c2ccc(-c3cccc4c3nc(-c3ccc(-c5ccc(C#N)c6c5C5c7ccccc7C6c6ccccc65)cc3)n4-c3ccccc3)cc2-c2ccc(N(c3cccc(-c4ccccc4)c3)c3cccc(-c4ccc(C#N)c5c4C4c6ccccc6C5c5ccccc54)c3)cc21. The second-order valence-corrected chi connectivity index (χ2v) is 27.7. The smallest absolute Gasteiger partial charge is 0.145 e. The summed E-state index contributed by atoms with van der Waals surface area (Å²) in [5.41, 5.74) is 37.6. The normalized spacial score (nSPS) is 16.2. The Labute approximate surface area is 575 Å². The van der Waals surface area contributed by atoms with E-state index in [4.69, 9.17) is 4.98 Å². The molecule has 0 saturated heterocycles. The number of anilines is 3. The van der Waals surface area contributed by atoms with E-state index in [0.717, 1.165) is 112 Å². The highest BCUT2D eigenvalue weighted by atomic mass is 15.1. The molecule has 22 rings (SSSR count). The molecule has 0 unspecified atom stereocenters. The fourth-order valence-corrected chi connectivity index (χ4v) is 18.2. The number of aromatic nitrogens is 2. The Morgan fingerprint density at radius 2 is 0.758 bits per heavy atom. The van der Waals surface area contributed by atoms with Crippen molar-refractivity contribution in [2.24, 2.45) is 0 Å². The van der Waals surface area contributed by atoms with E-state index in [0.29, 0.717) is 0 Å². The minimum Gasteiger partial charge on any atom is -0.310 e. The van der Waals surface area contributed by atoms with Crippen LogP contribution in [0.5, 0.6) is 0 Å². The molecule has 5 heteroatoms. The Kier molecular flexibility index (Phi) is 12.4. The van der Waals surface area contributed by atoms with E-state index in [1.54, 1.807) is 0 Å². The van der Waals surface area contributed by atoms with Gasteiger partial charge in [-0.2, -0.15) is 10.5 Å². The Morgan fingerprint density at radius 1 is 0.323 bits per heavy atom. The van der Waals surface area contributed by atoms with Gasteiger partial charge in [-0.05, 0) is 201 Å². The van der Waals surface area contributed by atoms with Crippen molar-refractivity contribution in [3.8, 4) is 84.8 Å². The summed E-state index contributed by atoms with van der Waals surface area (Å²) in [5.74, 6) is 0.852. The van der Waals surface area contributed by atoms with Crippen molar-refractivity contribution < 1.29 is 0 Å². The van der Waals surface area contributed by atoms with Gasteiger partial charge in [0.2, 0.25) is 0 Å². The van der Waals surface area contributed by atoms with Gasteiger partial charge in [0.1, 0.15) is 5.82 Å². The average molecular weight is 1260 g/mol. The van der Waals surface area contributed by atoms with Crippen LogP contribution < -0.4 is 4.90 Å². The summed E-state index contributed by atoms with van der Waals surface area (Å²) in [5, 5.41) is 21.5. The molecule has 99 heavy (non-hydrogen) atoms. The number of nitrogens with zero attached hydrogens (tertiary/aromatic N) is 5. The standard InChI is InChI=1S/C94H61N5/c1-94(2)81-49-44-61(70-36-19-37-83-92(70)97-93(99(83)64-24-7-4-8-25-64)58-40-38-57(39-41-58)68-46-42-62(54-95)84-86-72-28-9-13-32-76(72)88(90(68)84)77-33-14-10-29-73(77)86)52-80(81)71-48-45-67(53-82(71)94)98(65-26-17-22-59(50-65)56-20-5-3-6-21-56)66-27-18-23-60(51-66)69-47-43-63(55-96)85-87-74-30-11-15-34-78(74)89(91(69)85)79-35-16-12-31-75(79)87/h3-53,86-89H,1-2H3. The molecule has 1 heterocycles. The van der Waals surface area contributed by atoms with Crippen LogP contribution in [0.2, 0.25) is 0 Å². The zero-order chi connectivity index (χ0) is 65.8. The van der Waals surface area contributed by atoms with Crippen LogP contribution >= 0.6 is 0 Å². The monoisotopic (exact) mass is 1260 g/mol. The quantitative estimate of drug-likeness (QED) is 0.144. The van der Waals surface area contributed by atoms with Crippen LogP contribution in [0.3, 0.4) is 0 Å². The molecule has 0 N–H and O–H groups in total. The molecule has 0 spiro atoms. The van der Waals surface area contributed by atoms with Crippen LogP contribution in [0.4, 0.5) is 17.1 Å². The van der Waals surface area contributed by atoms with Crippen molar-refractivity contribution in [1.29, 1.82) is 10.5 Å². The predicted octanol–water partition coefficient (Wildman–Crippen LogP) is 22.9. The van der Waals surface area contributed by atoms with Crippen LogP contribution in [0.25, 0.3) is 83.7 Å². The first-order valence-electron chi connectivity index (χ1n) is 34.3. The van der Waals surface area contributed by atoms with E-state index >= 15 is 0 Å². The summed E-state index contributed by atoms with van der Waals surface area (Å²) < 4.78 is 2.31. The van der Waals surface area contributed by atoms with Crippen LogP contribution in [0.15, 0.2) is 309 Å². The number of nitriles is 2.